The fourth-order valence-corrected chi connectivity index (χ4v) is 3.87. The number of aliphatic hydroxyl groups is 1. The van der Waals surface area contributed by atoms with Crippen LogP contribution in [0.2, 0.25) is 0 Å². The zero-order valence-electron chi connectivity index (χ0n) is 17.0. The molecule has 0 unspecified atom stereocenters. The van der Waals surface area contributed by atoms with E-state index in [1.807, 2.05) is 4.90 Å². The van der Waals surface area contributed by atoms with Crippen molar-refractivity contribution in [2.24, 2.45) is 0 Å². The van der Waals surface area contributed by atoms with Crippen molar-refractivity contribution in [2.75, 3.05) is 18.0 Å². The number of imidazole rings is 2. The number of piperidine rings is 1. The minimum atomic E-state index is -4.43. The van der Waals surface area contributed by atoms with E-state index in [1.165, 1.54) is 18.6 Å². The second-order valence-electron chi connectivity index (χ2n) is 7.53. The molecule has 0 radical (unpaired) electrons. The number of aromatic nitrogens is 6. The van der Waals surface area contributed by atoms with Gasteiger partial charge in [-0.1, -0.05) is 12.1 Å². The molecule has 176 valence electrons. The van der Waals surface area contributed by atoms with Gasteiger partial charge in [0, 0.05) is 37.7 Å². The first-order chi connectivity index (χ1) is 14.8. The van der Waals surface area contributed by atoms with Crippen molar-refractivity contribution < 1.29 is 18.3 Å². The Morgan fingerprint density at radius 1 is 1.03 bits per heavy atom. The first-order valence-electron chi connectivity index (χ1n) is 9.68. The first kappa shape index (κ1) is 24.7. The van der Waals surface area contributed by atoms with Gasteiger partial charge in [-0.3, -0.25) is 0 Å². The number of H-pyrrole nitrogens is 2. The van der Waals surface area contributed by atoms with Crippen LogP contribution >= 0.6 is 24.8 Å². The average molecular weight is 502 g/mol. The summed E-state index contributed by atoms with van der Waals surface area (Å²) < 4.78 is 39.0. The summed E-state index contributed by atoms with van der Waals surface area (Å²) in [5.74, 6) is 1.03. The molecule has 4 heterocycles. The number of halogens is 5. The van der Waals surface area contributed by atoms with Crippen LogP contribution in [0.1, 0.15) is 24.2 Å². The Hall–Kier alpha value is -2.89. The predicted octanol–water partition coefficient (Wildman–Crippen LogP) is 4.09. The number of fused-ring (bicyclic) bond motifs is 1. The SMILES string of the molecule is Cl.Cl.OC1(c2nc(-c3cccc(C(F)(F)F)c3)c[nH]2)CCN(c2ncnc3[nH]cnc23)CC1. The molecule has 3 N–H and O–H groups in total. The fourth-order valence-electron chi connectivity index (χ4n) is 3.87. The molecule has 1 aromatic carbocycles. The zero-order chi connectivity index (χ0) is 21.6. The maximum absolute atomic E-state index is 13.0. The predicted molar refractivity (Wildman–Crippen MR) is 121 cm³/mol. The van der Waals surface area contributed by atoms with Crippen molar-refractivity contribution in [2.45, 2.75) is 24.6 Å². The number of rotatable bonds is 3. The summed E-state index contributed by atoms with van der Waals surface area (Å²) in [4.78, 5) is 25.1. The molecule has 13 heteroatoms. The molecule has 33 heavy (non-hydrogen) atoms. The summed E-state index contributed by atoms with van der Waals surface area (Å²) in [6.07, 6.45) is 0.858. The van der Waals surface area contributed by atoms with E-state index in [4.69, 9.17) is 0 Å². The standard InChI is InChI=1S/C20H18F3N7O.2ClH/c21-20(22,23)13-3-1-2-12(8-13)14-9-24-18(29-14)19(31)4-6-30(7-5-19)17-15-16(26-10-25-15)27-11-28-17;;/h1-3,8-11,31H,4-7H2,(H,24,29)(H,25,26,27,28);2*1H. The van der Waals surface area contributed by atoms with Crippen molar-refractivity contribution in [3.8, 4) is 11.3 Å². The number of hydrogen-bond donors (Lipinski definition) is 3. The van der Waals surface area contributed by atoms with Gasteiger partial charge < -0.3 is 20.0 Å². The maximum atomic E-state index is 13.0. The summed E-state index contributed by atoms with van der Waals surface area (Å²) in [6.45, 7) is 1.02. The third kappa shape index (κ3) is 4.61. The van der Waals surface area contributed by atoms with Crippen LogP contribution in [0.3, 0.4) is 0 Å². The number of nitrogens with one attached hydrogen (secondary N) is 2. The van der Waals surface area contributed by atoms with Gasteiger partial charge in [0.25, 0.3) is 0 Å². The van der Waals surface area contributed by atoms with E-state index in [-0.39, 0.29) is 24.8 Å². The molecule has 1 aliphatic rings. The molecule has 8 nitrogen and oxygen atoms in total. The Morgan fingerprint density at radius 2 is 1.79 bits per heavy atom. The molecule has 1 fully saturated rings. The van der Waals surface area contributed by atoms with Gasteiger partial charge in [-0.05, 0) is 12.1 Å². The van der Waals surface area contributed by atoms with E-state index in [0.29, 0.717) is 60.0 Å². The summed E-state index contributed by atoms with van der Waals surface area (Å²) in [5.41, 5.74) is 0.0383. The van der Waals surface area contributed by atoms with Crippen molar-refractivity contribution in [1.29, 1.82) is 0 Å². The highest BCUT2D eigenvalue weighted by Crippen LogP contribution is 2.36. The second kappa shape index (κ2) is 9.16. The van der Waals surface area contributed by atoms with Gasteiger partial charge >= 0.3 is 6.18 Å². The summed E-state index contributed by atoms with van der Waals surface area (Å²) in [6, 6.07) is 4.98. The van der Waals surface area contributed by atoms with Crippen molar-refractivity contribution >= 4 is 41.8 Å². The molecule has 1 saturated heterocycles. The Labute approximate surface area is 198 Å². The Bertz CT molecular complexity index is 1240. The molecule has 5 rings (SSSR count). The monoisotopic (exact) mass is 501 g/mol. The number of alkyl halides is 3. The quantitative estimate of drug-likeness (QED) is 0.390. The number of aromatic amines is 2. The van der Waals surface area contributed by atoms with Gasteiger partial charge in [-0.2, -0.15) is 13.2 Å². The zero-order valence-corrected chi connectivity index (χ0v) is 18.6. The van der Waals surface area contributed by atoms with Crippen molar-refractivity contribution in [3.05, 3.63) is 54.5 Å². The van der Waals surface area contributed by atoms with E-state index < -0.39 is 17.3 Å². The van der Waals surface area contributed by atoms with Gasteiger partial charge in [0.05, 0.1) is 17.6 Å². The number of anilines is 1. The lowest BCUT2D eigenvalue weighted by Crippen LogP contribution is -2.43. The number of hydrogen-bond acceptors (Lipinski definition) is 6. The van der Waals surface area contributed by atoms with E-state index in [2.05, 4.69) is 29.9 Å². The fraction of sp³-hybridized carbons (Fsp3) is 0.300. The largest absolute Gasteiger partial charge is 0.416 e. The van der Waals surface area contributed by atoms with Gasteiger partial charge in [-0.25, -0.2) is 19.9 Å². The molecular weight excluding hydrogens is 482 g/mol. The maximum Gasteiger partial charge on any atom is 0.416 e. The highest BCUT2D eigenvalue weighted by Gasteiger charge is 2.38. The molecule has 0 spiro atoms. The van der Waals surface area contributed by atoms with E-state index in [9.17, 15) is 18.3 Å². The third-order valence-corrected chi connectivity index (χ3v) is 5.59. The topological polar surface area (TPSA) is 107 Å². The lowest BCUT2D eigenvalue weighted by atomic mass is 9.90. The summed E-state index contributed by atoms with van der Waals surface area (Å²) in [7, 11) is 0. The van der Waals surface area contributed by atoms with Gasteiger partial charge in [-0.15, -0.1) is 24.8 Å². The van der Waals surface area contributed by atoms with E-state index >= 15 is 0 Å². The molecule has 0 saturated carbocycles. The highest BCUT2D eigenvalue weighted by molar-refractivity contribution is 5.85. The molecule has 1 aliphatic heterocycles. The van der Waals surface area contributed by atoms with Crippen LogP contribution in [0, 0.1) is 0 Å². The summed E-state index contributed by atoms with van der Waals surface area (Å²) in [5, 5.41) is 11.2. The van der Waals surface area contributed by atoms with Crippen LogP contribution in [0.4, 0.5) is 19.0 Å². The summed E-state index contributed by atoms with van der Waals surface area (Å²) >= 11 is 0. The Morgan fingerprint density at radius 3 is 2.52 bits per heavy atom. The smallest absolute Gasteiger partial charge is 0.382 e. The van der Waals surface area contributed by atoms with Crippen LogP contribution in [0.25, 0.3) is 22.4 Å². The van der Waals surface area contributed by atoms with Gasteiger partial charge in [0.2, 0.25) is 0 Å². The lowest BCUT2D eigenvalue weighted by Gasteiger charge is -2.37. The van der Waals surface area contributed by atoms with Crippen LogP contribution in [0.5, 0.6) is 0 Å². The molecule has 3 aromatic heterocycles. The minimum absolute atomic E-state index is 0. The lowest BCUT2D eigenvalue weighted by molar-refractivity contribution is -0.137. The Kier molecular flexibility index (Phi) is 6.87. The van der Waals surface area contributed by atoms with Crippen LogP contribution in [0.15, 0.2) is 43.1 Å². The molecule has 0 aliphatic carbocycles. The van der Waals surface area contributed by atoms with Crippen molar-refractivity contribution in [3.63, 3.8) is 0 Å². The number of nitrogens with zero attached hydrogens (tertiary/aromatic N) is 5. The molecule has 0 amide bonds. The first-order valence-corrected chi connectivity index (χ1v) is 9.68. The van der Waals surface area contributed by atoms with Crippen LogP contribution < -0.4 is 4.90 Å². The molecule has 4 aromatic rings. The normalized spacial score (nSPS) is 15.7. The second-order valence-corrected chi connectivity index (χ2v) is 7.53. The van der Waals surface area contributed by atoms with Crippen molar-refractivity contribution in [1.82, 2.24) is 29.9 Å². The van der Waals surface area contributed by atoms with Crippen LogP contribution in [-0.4, -0.2) is 48.1 Å². The average Bonchev–Trinajstić information content (AvgIpc) is 3.44. The third-order valence-electron chi connectivity index (χ3n) is 5.59. The van der Waals surface area contributed by atoms with Gasteiger partial charge in [0.1, 0.15) is 23.3 Å². The Balaban J connectivity index is 0.00000153. The molecular formula is C20H20Cl2F3N7O. The van der Waals surface area contributed by atoms with E-state index in [1.54, 1.807) is 12.4 Å². The van der Waals surface area contributed by atoms with Gasteiger partial charge in [0.15, 0.2) is 11.5 Å². The van der Waals surface area contributed by atoms with E-state index in [0.717, 1.165) is 12.1 Å². The minimum Gasteiger partial charge on any atom is -0.382 e. The van der Waals surface area contributed by atoms with Crippen LogP contribution in [-0.2, 0) is 11.8 Å². The molecule has 0 atom stereocenters. The molecule has 0 bridgehead atoms. The number of benzene rings is 1. The highest BCUT2D eigenvalue weighted by atomic mass is 35.5.